The van der Waals surface area contributed by atoms with Crippen LogP contribution < -0.4 is 5.32 Å². The lowest BCUT2D eigenvalue weighted by Crippen LogP contribution is -2.52. The fourth-order valence-corrected chi connectivity index (χ4v) is 4.73. The van der Waals surface area contributed by atoms with Crippen LogP contribution in [0, 0.1) is 17.5 Å². The van der Waals surface area contributed by atoms with Crippen LogP contribution in [0.2, 0.25) is 5.02 Å². The summed E-state index contributed by atoms with van der Waals surface area (Å²) < 4.78 is 70.4. The molecular weight excluding hydrogens is 471 g/mol. The first-order chi connectivity index (χ1) is 15.5. The van der Waals surface area contributed by atoms with Crippen molar-refractivity contribution < 1.29 is 36.6 Å². The predicted molar refractivity (Wildman–Crippen MR) is 109 cm³/mol. The highest BCUT2D eigenvalue weighted by Gasteiger charge is 2.52. The molecule has 4 rings (SSSR count). The molecule has 176 valence electrons. The van der Waals surface area contributed by atoms with Crippen molar-refractivity contribution in [2.45, 2.75) is 49.8 Å². The van der Waals surface area contributed by atoms with E-state index in [4.69, 9.17) is 11.6 Å². The lowest BCUT2D eigenvalue weighted by atomic mass is 9.97. The molecule has 2 aromatic rings. The summed E-state index contributed by atoms with van der Waals surface area (Å²) in [7, 11) is 0. The van der Waals surface area contributed by atoms with Gasteiger partial charge in [0.05, 0.1) is 16.7 Å². The second kappa shape index (κ2) is 8.57. The zero-order valence-electron chi connectivity index (χ0n) is 16.9. The van der Waals surface area contributed by atoms with Gasteiger partial charge in [-0.05, 0) is 43.9 Å². The van der Waals surface area contributed by atoms with Gasteiger partial charge in [0.25, 0.3) is 11.8 Å². The van der Waals surface area contributed by atoms with E-state index >= 15 is 8.78 Å². The second-order valence-corrected chi connectivity index (χ2v) is 8.61. The van der Waals surface area contributed by atoms with E-state index in [0.29, 0.717) is 25.0 Å². The summed E-state index contributed by atoms with van der Waals surface area (Å²) in [4.78, 5) is 26.4. The Balaban J connectivity index is 1.60. The van der Waals surface area contributed by atoms with E-state index in [1.54, 1.807) is 0 Å². The Bertz CT molecular complexity index is 1090. The number of carbonyl (C=O) groups is 2. The van der Waals surface area contributed by atoms with E-state index in [-0.39, 0.29) is 18.4 Å². The van der Waals surface area contributed by atoms with Gasteiger partial charge in [-0.15, -0.1) is 0 Å². The fraction of sp³-hybridized carbons (Fsp3) is 0.364. The molecule has 2 aromatic carbocycles. The Kier molecular flexibility index (Phi) is 6.09. The monoisotopic (exact) mass is 488 g/mol. The average molecular weight is 489 g/mol. The molecule has 2 aliphatic rings. The standard InChI is InChI=1S/C22H18ClF5N2O3/c23-16-4-1-10(20(32)29-11-6-17(24)19(26)18(25)7-11)5-15(16)22(27,28)21(33)30-12-2-3-13(30)9-14(31)8-12/h1,4-7,12-14,31H,2-3,8-9H2,(H,29,32)/t12-,13?,14?/m1/s1. The van der Waals surface area contributed by atoms with Gasteiger partial charge in [0.15, 0.2) is 17.5 Å². The molecule has 2 bridgehead atoms. The molecule has 2 saturated heterocycles. The molecule has 2 amide bonds. The highest BCUT2D eigenvalue weighted by atomic mass is 35.5. The van der Waals surface area contributed by atoms with E-state index in [1.165, 1.54) is 0 Å². The van der Waals surface area contributed by atoms with Gasteiger partial charge in [-0.2, -0.15) is 8.78 Å². The van der Waals surface area contributed by atoms with Gasteiger partial charge in [-0.1, -0.05) is 11.6 Å². The van der Waals surface area contributed by atoms with Gasteiger partial charge in [0, 0.05) is 35.5 Å². The van der Waals surface area contributed by atoms with Crippen molar-refractivity contribution in [2.24, 2.45) is 0 Å². The number of fused-ring (bicyclic) bond motifs is 2. The number of carbonyl (C=O) groups excluding carboxylic acids is 2. The second-order valence-electron chi connectivity index (χ2n) is 8.20. The van der Waals surface area contributed by atoms with Crippen molar-refractivity contribution in [1.29, 1.82) is 0 Å². The normalized spacial score (nSPS) is 22.4. The van der Waals surface area contributed by atoms with E-state index < -0.39 is 69.6 Å². The molecule has 11 heteroatoms. The number of alkyl halides is 2. The molecule has 2 heterocycles. The van der Waals surface area contributed by atoms with Gasteiger partial charge < -0.3 is 15.3 Å². The zero-order valence-corrected chi connectivity index (χ0v) is 17.7. The van der Waals surface area contributed by atoms with Crippen LogP contribution in [0.4, 0.5) is 27.6 Å². The summed E-state index contributed by atoms with van der Waals surface area (Å²) in [5.74, 6) is -11.4. The highest BCUT2D eigenvalue weighted by molar-refractivity contribution is 6.32. The van der Waals surface area contributed by atoms with Gasteiger partial charge in [-0.3, -0.25) is 9.59 Å². The van der Waals surface area contributed by atoms with Gasteiger partial charge in [0.1, 0.15) is 0 Å². The lowest BCUT2D eigenvalue weighted by Gasteiger charge is -2.39. The number of anilines is 1. The number of hydrogen-bond donors (Lipinski definition) is 2. The summed E-state index contributed by atoms with van der Waals surface area (Å²) in [6, 6.07) is 2.88. The third-order valence-electron chi connectivity index (χ3n) is 6.02. The molecule has 2 aliphatic heterocycles. The number of halogens is 6. The van der Waals surface area contributed by atoms with Crippen LogP contribution in [0.25, 0.3) is 0 Å². The van der Waals surface area contributed by atoms with Crippen LogP contribution in [-0.4, -0.2) is 40.0 Å². The maximum Gasteiger partial charge on any atom is 0.351 e. The summed E-state index contributed by atoms with van der Waals surface area (Å²) >= 11 is 5.94. The van der Waals surface area contributed by atoms with E-state index in [9.17, 15) is 27.9 Å². The molecule has 2 unspecified atom stereocenters. The summed E-state index contributed by atoms with van der Waals surface area (Å²) in [5.41, 5.74) is -1.69. The minimum atomic E-state index is -4.06. The molecular formula is C22H18ClF5N2O3. The van der Waals surface area contributed by atoms with Crippen molar-refractivity contribution in [2.75, 3.05) is 5.32 Å². The SMILES string of the molecule is O=C(Nc1cc(F)c(F)c(F)c1)c1ccc(Cl)c(C(F)(F)C(=O)N2C3CC[C@@H]2CC(O)C3)c1. The number of rotatable bonds is 4. The van der Waals surface area contributed by atoms with Crippen LogP contribution in [-0.2, 0) is 10.7 Å². The number of nitrogens with one attached hydrogen (secondary N) is 1. The van der Waals surface area contributed by atoms with Crippen molar-refractivity contribution in [3.63, 3.8) is 0 Å². The average Bonchev–Trinajstić information content (AvgIpc) is 3.02. The minimum absolute atomic E-state index is 0.208. The molecule has 33 heavy (non-hydrogen) atoms. The van der Waals surface area contributed by atoms with Crippen LogP contribution in [0.15, 0.2) is 30.3 Å². The number of benzene rings is 2. The van der Waals surface area contributed by atoms with E-state index in [2.05, 4.69) is 5.32 Å². The van der Waals surface area contributed by atoms with Crippen molar-refractivity contribution in [3.05, 3.63) is 63.9 Å². The fourth-order valence-electron chi connectivity index (χ4n) is 4.50. The summed E-state index contributed by atoms with van der Waals surface area (Å²) in [6.45, 7) is 0. The summed E-state index contributed by atoms with van der Waals surface area (Å²) in [6.07, 6.45) is 0.769. The Morgan fingerprint density at radius 1 is 1.03 bits per heavy atom. The quantitative estimate of drug-likeness (QED) is 0.487. The molecule has 0 radical (unpaired) electrons. The first-order valence-electron chi connectivity index (χ1n) is 10.1. The van der Waals surface area contributed by atoms with Crippen molar-refractivity contribution >= 4 is 29.1 Å². The smallest absolute Gasteiger partial charge is 0.351 e. The Labute approximate surface area is 190 Å². The third-order valence-corrected chi connectivity index (χ3v) is 6.35. The molecule has 0 aliphatic carbocycles. The van der Waals surface area contributed by atoms with Crippen LogP contribution in [0.1, 0.15) is 41.6 Å². The Hall–Kier alpha value is -2.72. The zero-order chi connectivity index (χ0) is 24.1. The third kappa shape index (κ3) is 4.29. The molecule has 3 atom stereocenters. The van der Waals surface area contributed by atoms with Crippen molar-refractivity contribution in [3.8, 4) is 0 Å². The lowest BCUT2D eigenvalue weighted by molar-refractivity contribution is -0.165. The number of hydrogen-bond acceptors (Lipinski definition) is 3. The van der Waals surface area contributed by atoms with Gasteiger partial charge in [0.2, 0.25) is 0 Å². The minimum Gasteiger partial charge on any atom is -0.393 e. The van der Waals surface area contributed by atoms with Gasteiger partial charge >= 0.3 is 5.92 Å². The number of piperidine rings is 1. The largest absolute Gasteiger partial charge is 0.393 e. The Morgan fingerprint density at radius 3 is 2.18 bits per heavy atom. The molecule has 0 aromatic heterocycles. The number of nitrogens with zero attached hydrogens (tertiary/aromatic N) is 1. The molecule has 5 nitrogen and oxygen atoms in total. The first-order valence-corrected chi connectivity index (χ1v) is 10.5. The van der Waals surface area contributed by atoms with E-state index in [1.807, 2.05) is 0 Å². The first kappa shape index (κ1) is 23.4. The molecule has 2 fully saturated rings. The number of aliphatic hydroxyl groups is 1. The van der Waals surface area contributed by atoms with Gasteiger partial charge in [-0.25, -0.2) is 13.2 Å². The predicted octanol–water partition coefficient (Wildman–Crippen LogP) is 4.62. The van der Waals surface area contributed by atoms with Crippen LogP contribution in [0.3, 0.4) is 0 Å². The number of amides is 2. The van der Waals surface area contributed by atoms with Crippen LogP contribution >= 0.6 is 11.6 Å². The molecule has 0 spiro atoms. The topological polar surface area (TPSA) is 69.6 Å². The molecule has 2 N–H and O–H groups in total. The van der Waals surface area contributed by atoms with E-state index in [0.717, 1.165) is 23.1 Å². The molecule has 0 saturated carbocycles. The number of aliphatic hydroxyl groups excluding tert-OH is 1. The summed E-state index contributed by atoms with van der Waals surface area (Å²) in [5, 5.41) is 11.5. The highest BCUT2D eigenvalue weighted by Crippen LogP contribution is 2.42. The Morgan fingerprint density at radius 2 is 1.61 bits per heavy atom. The van der Waals surface area contributed by atoms with Crippen LogP contribution in [0.5, 0.6) is 0 Å². The maximum atomic E-state index is 15.3. The van der Waals surface area contributed by atoms with Crippen molar-refractivity contribution in [1.82, 2.24) is 4.90 Å². The maximum absolute atomic E-state index is 15.3.